The number of amides is 1. The molecule has 1 aromatic heterocycles. The number of carbonyl (C=O) groups excluding carboxylic acids is 1. The zero-order valence-corrected chi connectivity index (χ0v) is 15.5. The van der Waals surface area contributed by atoms with Gasteiger partial charge < -0.3 is 9.73 Å². The number of benzene rings is 2. The zero-order chi connectivity index (χ0) is 21.1. The van der Waals surface area contributed by atoms with Crippen LogP contribution < -0.4 is 10.0 Å². The van der Waals surface area contributed by atoms with Gasteiger partial charge in [0.15, 0.2) is 0 Å². The van der Waals surface area contributed by atoms with Crippen molar-refractivity contribution in [3.05, 3.63) is 83.8 Å². The normalized spacial score (nSPS) is 12.0. The van der Waals surface area contributed by atoms with E-state index < -0.39 is 27.7 Å². The quantitative estimate of drug-likeness (QED) is 0.625. The number of halogens is 3. The summed E-state index contributed by atoms with van der Waals surface area (Å²) in [4.78, 5) is 12.2. The van der Waals surface area contributed by atoms with Gasteiger partial charge in [-0.25, -0.2) is 13.1 Å². The number of nitrogens with one attached hydrogen (secondary N) is 2. The Balaban J connectivity index is 1.71. The van der Waals surface area contributed by atoms with Gasteiger partial charge >= 0.3 is 6.18 Å². The number of hydrogen-bond donors (Lipinski definition) is 2. The molecule has 0 fully saturated rings. The van der Waals surface area contributed by atoms with E-state index in [4.69, 9.17) is 4.42 Å². The molecule has 2 aromatic carbocycles. The fraction of sp³-hybridized carbons (Fsp3) is 0.105. The minimum atomic E-state index is -4.50. The first-order valence-corrected chi connectivity index (χ1v) is 9.74. The van der Waals surface area contributed by atoms with Gasteiger partial charge in [0.2, 0.25) is 10.0 Å². The molecule has 10 heteroatoms. The van der Waals surface area contributed by atoms with E-state index >= 15 is 0 Å². The van der Waals surface area contributed by atoms with Crippen LogP contribution in [0, 0.1) is 0 Å². The van der Waals surface area contributed by atoms with Crippen molar-refractivity contribution in [1.82, 2.24) is 4.72 Å². The monoisotopic (exact) mass is 424 g/mol. The average molecular weight is 424 g/mol. The molecular formula is C19H15F3N2O4S. The van der Waals surface area contributed by atoms with Crippen LogP contribution in [-0.4, -0.2) is 14.3 Å². The van der Waals surface area contributed by atoms with E-state index in [2.05, 4.69) is 10.0 Å². The maximum absolute atomic E-state index is 12.6. The molecule has 6 nitrogen and oxygen atoms in total. The first-order chi connectivity index (χ1) is 13.6. The lowest BCUT2D eigenvalue weighted by atomic mass is 10.1. The molecular weight excluding hydrogens is 409 g/mol. The van der Waals surface area contributed by atoms with Crippen molar-refractivity contribution in [1.29, 1.82) is 0 Å². The molecule has 0 aliphatic carbocycles. The van der Waals surface area contributed by atoms with Crippen LogP contribution in [0.4, 0.5) is 18.9 Å². The minimum absolute atomic E-state index is 0.00204. The predicted molar refractivity (Wildman–Crippen MR) is 98.6 cm³/mol. The van der Waals surface area contributed by atoms with Crippen LogP contribution >= 0.6 is 0 Å². The first-order valence-electron chi connectivity index (χ1n) is 8.26. The van der Waals surface area contributed by atoms with Crippen molar-refractivity contribution in [2.24, 2.45) is 0 Å². The van der Waals surface area contributed by atoms with Crippen molar-refractivity contribution < 1.29 is 30.8 Å². The van der Waals surface area contributed by atoms with Crippen LogP contribution in [0.3, 0.4) is 0 Å². The molecule has 1 amide bonds. The average Bonchev–Trinajstić information content (AvgIpc) is 3.20. The number of rotatable bonds is 6. The number of furan rings is 1. The number of hydrogen-bond acceptors (Lipinski definition) is 4. The maximum atomic E-state index is 12.6. The third-order valence-electron chi connectivity index (χ3n) is 3.89. The molecule has 29 heavy (non-hydrogen) atoms. The van der Waals surface area contributed by atoms with Gasteiger partial charge in [-0.1, -0.05) is 6.07 Å². The minimum Gasteiger partial charge on any atom is -0.468 e. The fourth-order valence-corrected chi connectivity index (χ4v) is 3.46. The van der Waals surface area contributed by atoms with Crippen LogP contribution in [0.2, 0.25) is 0 Å². The van der Waals surface area contributed by atoms with E-state index in [1.165, 1.54) is 30.5 Å². The lowest BCUT2D eigenvalue weighted by Crippen LogP contribution is -2.23. The van der Waals surface area contributed by atoms with E-state index in [0.29, 0.717) is 5.76 Å². The Morgan fingerprint density at radius 2 is 1.72 bits per heavy atom. The van der Waals surface area contributed by atoms with Crippen LogP contribution in [0.5, 0.6) is 0 Å². The van der Waals surface area contributed by atoms with Crippen molar-refractivity contribution in [3.63, 3.8) is 0 Å². The second-order valence-electron chi connectivity index (χ2n) is 5.96. The number of carbonyl (C=O) groups is 1. The number of sulfonamides is 1. The molecule has 2 N–H and O–H groups in total. The topological polar surface area (TPSA) is 88.4 Å². The molecule has 0 saturated heterocycles. The van der Waals surface area contributed by atoms with Crippen molar-refractivity contribution in [2.75, 3.05) is 5.32 Å². The van der Waals surface area contributed by atoms with Gasteiger partial charge in [-0.15, -0.1) is 0 Å². The predicted octanol–water partition coefficient (Wildman–Crippen LogP) is 4.03. The van der Waals surface area contributed by atoms with Gasteiger partial charge in [0.1, 0.15) is 5.76 Å². The molecule has 3 aromatic rings. The van der Waals surface area contributed by atoms with Crippen LogP contribution in [0.15, 0.2) is 76.2 Å². The van der Waals surface area contributed by atoms with Gasteiger partial charge in [-0.05, 0) is 54.6 Å². The summed E-state index contributed by atoms with van der Waals surface area (Å²) < 4.78 is 70.0. The van der Waals surface area contributed by atoms with E-state index in [1.54, 1.807) is 12.1 Å². The molecule has 0 spiro atoms. The van der Waals surface area contributed by atoms with E-state index in [0.717, 1.165) is 24.3 Å². The molecule has 0 atom stereocenters. The molecule has 152 valence electrons. The molecule has 0 bridgehead atoms. The summed E-state index contributed by atoms with van der Waals surface area (Å²) in [6.07, 6.45) is -3.08. The lowest BCUT2D eigenvalue weighted by molar-refractivity contribution is -0.137. The summed E-state index contributed by atoms with van der Waals surface area (Å²) in [5, 5.41) is 2.47. The third kappa shape index (κ3) is 5.24. The summed E-state index contributed by atoms with van der Waals surface area (Å²) in [5.41, 5.74) is -0.692. The van der Waals surface area contributed by atoms with Crippen LogP contribution in [0.25, 0.3) is 0 Å². The Kier molecular flexibility index (Phi) is 5.76. The SMILES string of the molecule is O=C(Nc1cccc(S(=O)(=O)NCc2ccco2)c1)c1ccc(C(F)(F)F)cc1. The molecule has 0 aliphatic rings. The molecule has 0 radical (unpaired) electrons. The van der Waals surface area contributed by atoms with Crippen LogP contribution in [0.1, 0.15) is 21.7 Å². The highest BCUT2D eigenvalue weighted by Gasteiger charge is 2.30. The summed E-state index contributed by atoms with van der Waals surface area (Å²) >= 11 is 0. The molecule has 1 heterocycles. The van der Waals surface area contributed by atoms with Gasteiger partial charge in [0.05, 0.1) is 23.3 Å². The summed E-state index contributed by atoms with van der Waals surface area (Å²) in [7, 11) is -3.87. The highest BCUT2D eigenvalue weighted by Crippen LogP contribution is 2.29. The molecule has 0 aliphatic heterocycles. The Bertz CT molecular complexity index is 1090. The van der Waals surface area contributed by atoms with Crippen LogP contribution in [-0.2, 0) is 22.7 Å². The second-order valence-corrected chi connectivity index (χ2v) is 7.73. The Labute approximate surface area is 164 Å². The summed E-state index contributed by atoms with van der Waals surface area (Å²) in [6, 6.07) is 12.4. The lowest BCUT2D eigenvalue weighted by Gasteiger charge is -2.10. The smallest absolute Gasteiger partial charge is 0.416 e. The highest BCUT2D eigenvalue weighted by molar-refractivity contribution is 7.89. The van der Waals surface area contributed by atoms with E-state index in [-0.39, 0.29) is 22.7 Å². The standard InChI is InChI=1S/C19H15F3N2O4S/c20-19(21,22)14-8-6-13(7-9-14)18(25)24-15-3-1-5-17(11-15)29(26,27)23-12-16-4-2-10-28-16/h1-11,23H,12H2,(H,24,25). The van der Waals surface area contributed by atoms with Gasteiger partial charge in [0.25, 0.3) is 5.91 Å². The van der Waals surface area contributed by atoms with Crippen molar-refractivity contribution >= 4 is 21.6 Å². The Morgan fingerprint density at radius 1 is 1.00 bits per heavy atom. The Hall–Kier alpha value is -3.11. The van der Waals surface area contributed by atoms with Crippen molar-refractivity contribution in [2.45, 2.75) is 17.6 Å². The van der Waals surface area contributed by atoms with Gasteiger partial charge in [-0.3, -0.25) is 4.79 Å². The molecule has 0 saturated carbocycles. The second kappa shape index (κ2) is 8.10. The maximum Gasteiger partial charge on any atom is 0.416 e. The van der Waals surface area contributed by atoms with Gasteiger partial charge in [0, 0.05) is 11.3 Å². The zero-order valence-electron chi connectivity index (χ0n) is 14.7. The van der Waals surface area contributed by atoms with Crippen molar-refractivity contribution in [3.8, 4) is 0 Å². The summed E-state index contributed by atoms with van der Waals surface area (Å²) in [6.45, 7) is -0.0442. The summed E-state index contributed by atoms with van der Waals surface area (Å²) in [5.74, 6) is -0.239. The first kappa shape index (κ1) is 20.6. The third-order valence-corrected chi connectivity index (χ3v) is 5.29. The van der Waals surface area contributed by atoms with Gasteiger partial charge in [-0.2, -0.15) is 13.2 Å². The number of alkyl halides is 3. The number of anilines is 1. The highest BCUT2D eigenvalue weighted by atomic mass is 32.2. The van der Waals surface area contributed by atoms with E-state index in [1.807, 2.05) is 0 Å². The fourth-order valence-electron chi connectivity index (χ4n) is 2.42. The Morgan fingerprint density at radius 3 is 2.34 bits per heavy atom. The molecule has 3 rings (SSSR count). The van der Waals surface area contributed by atoms with E-state index in [9.17, 15) is 26.4 Å². The largest absolute Gasteiger partial charge is 0.468 e. The molecule has 0 unspecified atom stereocenters.